The number of rotatable bonds is 7. The van der Waals surface area contributed by atoms with Crippen molar-refractivity contribution in [1.29, 1.82) is 0 Å². The fourth-order valence-corrected chi connectivity index (χ4v) is 3.52. The minimum atomic E-state index is -0.618. The number of urea groups is 1. The summed E-state index contributed by atoms with van der Waals surface area (Å²) in [6.07, 6.45) is 1.33. The van der Waals surface area contributed by atoms with E-state index in [1.165, 1.54) is 0 Å². The van der Waals surface area contributed by atoms with Gasteiger partial charge in [-0.2, -0.15) is 0 Å². The van der Waals surface area contributed by atoms with Gasteiger partial charge in [0, 0.05) is 31.2 Å². The summed E-state index contributed by atoms with van der Waals surface area (Å²) < 4.78 is 0. The van der Waals surface area contributed by atoms with Crippen molar-refractivity contribution in [3.8, 4) is 0 Å². The molecule has 30 heavy (non-hydrogen) atoms. The Kier molecular flexibility index (Phi) is 8.69. The molecule has 1 aromatic rings. The molecule has 0 aromatic heterocycles. The first kappa shape index (κ1) is 23.7. The summed E-state index contributed by atoms with van der Waals surface area (Å²) >= 11 is 0. The van der Waals surface area contributed by atoms with E-state index in [9.17, 15) is 14.4 Å². The molecule has 3 N–H and O–H groups in total. The van der Waals surface area contributed by atoms with Crippen molar-refractivity contribution in [3.05, 3.63) is 35.4 Å². The van der Waals surface area contributed by atoms with Crippen LogP contribution < -0.4 is 16.0 Å². The Balaban J connectivity index is 2.06. The van der Waals surface area contributed by atoms with Crippen LogP contribution in [-0.4, -0.2) is 54.5 Å². The predicted molar refractivity (Wildman–Crippen MR) is 118 cm³/mol. The molecule has 1 fully saturated rings. The molecule has 1 saturated heterocycles. The minimum Gasteiger partial charge on any atom is -0.354 e. The molecular weight excluding hydrogens is 380 g/mol. The Morgan fingerprint density at radius 2 is 1.60 bits per heavy atom. The number of aryl methyl sites for hydroxylation is 1. The first-order chi connectivity index (χ1) is 14.2. The highest BCUT2D eigenvalue weighted by Crippen LogP contribution is 2.22. The molecule has 1 heterocycles. The smallest absolute Gasteiger partial charge is 0.317 e. The van der Waals surface area contributed by atoms with Crippen LogP contribution in [0.15, 0.2) is 24.3 Å². The highest BCUT2D eigenvalue weighted by molar-refractivity contribution is 5.97. The van der Waals surface area contributed by atoms with Gasteiger partial charge >= 0.3 is 6.03 Å². The summed E-state index contributed by atoms with van der Waals surface area (Å²) in [4.78, 5) is 39.7. The second kappa shape index (κ2) is 11.0. The van der Waals surface area contributed by atoms with Gasteiger partial charge < -0.3 is 20.9 Å². The molecule has 0 spiro atoms. The fraction of sp³-hybridized carbons (Fsp3) is 0.609. The Morgan fingerprint density at radius 1 is 1.00 bits per heavy atom. The predicted octanol–water partition coefficient (Wildman–Crippen LogP) is 2.70. The lowest BCUT2D eigenvalue weighted by Crippen LogP contribution is -2.55. The lowest BCUT2D eigenvalue weighted by Gasteiger charge is -2.36. The molecule has 1 aromatic carbocycles. The number of hydrogen-bond donors (Lipinski definition) is 3. The van der Waals surface area contributed by atoms with E-state index in [0.717, 1.165) is 5.56 Å². The van der Waals surface area contributed by atoms with E-state index in [1.807, 2.05) is 46.8 Å². The number of likely N-dealkylation sites (tertiary alicyclic amines) is 1. The van der Waals surface area contributed by atoms with Gasteiger partial charge in [-0.1, -0.05) is 31.5 Å². The number of carbonyl (C=O) groups is 3. The lowest BCUT2D eigenvalue weighted by atomic mass is 9.88. The number of piperidine rings is 1. The Morgan fingerprint density at radius 3 is 2.13 bits per heavy atom. The highest BCUT2D eigenvalue weighted by Gasteiger charge is 2.34. The first-order valence-electron chi connectivity index (χ1n) is 10.9. The van der Waals surface area contributed by atoms with E-state index in [2.05, 4.69) is 16.0 Å². The molecule has 1 aliphatic rings. The van der Waals surface area contributed by atoms with Gasteiger partial charge in [0.1, 0.15) is 6.04 Å². The third-order valence-electron chi connectivity index (χ3n) is 5.28. The molecule has 2 rings (SSSR count). The normalized spacial score (nSPS) is 15.8. The first-order valence-corrected chi connectivity index (χ1v) is 10.9. The summed E-state index contributed by atoms with van der Waals surface area (Å²) in [5, 5.41) is 8.82. The number of nitrogens with one attached hydrogen (secondary N) is 3. The molecule has 0 bridgehead atoms. The van der Waals surface area contributed by atoms with Crippen LogP contribution in [-0.2, 0) is 4.79 Å². The van der Waals surface area contributed by atoms with Crippen molar-refractivity contribution in [2.45, 2.75) is 59.5 Å². The van der Waals surface area contributed by atoms with Crippen LogP contribution in [0.4, 0.5) is 4.79 Å². The van der Waals surface area contributed by atoms with Crippen LogP contribution in [0.1, 0.15) is 56.5 Å². The van der Waals surface area contributed by atoms with E-state index < -0.39 is 6.04 Å². The fourth-order valence-electron chi connectivity index (χ4n) is 3.52. The third kappa shape index (κ3) is 7.04. The number of amides is 4. The maximum absolute atomic E-state index is 12.9. The van der Waals surface area contributed by atoms with Crippen molar-refractivity contribution in [3.63, 3.8) is 0 Å². The monoisotopic (exact) mass is 416 g/mol. The Labute approximate surface area is 180 Å². The zero-order valence-electron chi connectivity index (χ0n) is 18.8. The van der Waals surface area contributed by atoms with Crippen LogP contribution in [0.25, 0.3) is 0 Å². The molecule has 0 aliphatic carbocycles. The lowest BCUT2D eigenvalue weighted by molar-refractivity contribution is -0.124. The zero-order valence-corrected chi connectivity index (χ0v) is 18.8. The molecule has 0 saturated carbocycles. The van der Waals surface area contributed by atoms with Gasteiger partial charge in [-0.05, 0) is 57.6 Å². The van der Waals surface area contributed by atoms with E-state index in [1.54, 1.807) is 17.0 Å². The van der Waals surface area contributed by atoms with Gasteiger partial charge in [0.15, 0.2) is 0 Å². The van der Waals surface area contributed by atoms with Crippen LogP contribution in [0.5, 0.6) is 0 Å². The second-order valence-electron chi connectivity index (χ2n) is 8.88. The molecule has 166 valence electrons. The van der Waals surface area contributed by atoms with Gasteiger partial charge in [0.25, 0.3) is 5.91 Å². The largest absolute Gasteiger partial charge is 0.354 e. The Bertz CT molecular complexity index is 722. The van der Waals surface area contributed by atoms with Gasteiger partial charge in [-0.15, -0.1) is 0 Å². The van der Waals surface area contributed by atoms with E-state index in [0.29, 0.717) is 44.0 Å². The van der Waals surface area contributed by atoms with Crippen LogP contribution in [0.3, 0.4) is 0 Å². The number of hydrogen-bond acceptors (Lipinski definition) is 3. The molecule has 1 atom stereocenters. The molecule has 7 heteroatoms. The summed E-state index contributed by atoms with van der Waals surface area (Å²) in [5.41, 5.74) is 1.61. The van der Waals surface area contributed by atoms with Gasteiger partial charge in [0.2, 0.25) is 5.91 Å². The number of nitrogens with zero attached hydrogens (tertiary/aromatic N) is 1. The maximum atomic E-state index is 12.9. The van der Waals surface area contributed by atoms with Crippen molar-refractivity contribution in [2.75, 3.05) is 19.6 Å². The molecule has 1 aliphatic heterocycles. The topological polar surface area (TPSA) is 90.5 Å². The van der Waals surface area contributed by atoms with Crippen molar-refractivity contribution in [1.82, 2.24) is 20.9 Å². The maximum Gasteiger partial charge on any atom is 0.317 e. The van der Waals surface area contributed by atoms with E-state index in [-0.39, 0.29) is 29.8 Å². The SMILES string of the molecule is Cc1ccc(C(=O)N[C@H](C(=O)NCC(C)C)C2CCN(C(=O)NC(C)C)CC2)cc1. The number of carbonyl (C=O) groups excluding carboxylic acids is 3. The van der Waals surface area contributed by atoms with Crippen molar-refractivity contribution >= 4 is 17.8 Å². The van der Waals surface area contributed by atoms with Crippen LogP contribution >= 0.6 is 0 Å². The molecule has 4 amide bonds. The molecule has 0 unspecified atom stereocenters. The third-order valence-corrected chi connectivity index (χ3v) is 5.28. The standard InChI is InChI=1S/C23H36N4O3/c1-15(2)14-24-22(29)20(26-21(28)19-8-6-17(5)7-9-19)18-10-12-27(13-11-18)23(30)25-16(3)4/h6-9,15-16,18,20H,10-14H2,1-5H3,(H,24,29)(H,25,30)(H,26,28)/t20-/m0/s1. The highest BCUT2D eigenvalue weighted by atomic mass is 16.2. The van der Waals surface area contributed by atoms with Crippen molar-refractivity contribution in [2.24, 2.45) is 11.8 Å². The summed E-state index contributed by atoms with van der Waals surface area (Å²) in [5.74, 6) is -0.104. The van der Waals surface area contributed by atoms with E-state index >= 15 is 0 Å². The van der Waals surface area contributed by atoms with Gasteiger partial charge in [0.05, 0.1) is 0 Å². The second-order valence-corrected chi connectivity index (χ2v) is 8.88. The van der Waals surface area contributed by atoms with E-state index in [4.69, 9.17) is 0 Å². The number of benzene rings is 1. The minimum absolute atomic E-state index is 0.0188. The molecule has 0 radical (unpaired) electrons. The summed E-state index contributed by atoms with van der Waals surface area (Å²) in [7, 11) is 0. The summed E-state index contributed by atoms with van der Waals surface area (Å²) in [6, 6.07) is 6.70. The quantitative estimate of drug-likeness (QED) is 0.638. The molecule has 7 nitrogen and oxygen atoms in total. The van der Waals surface area contributed by atoms with Gasteiger partial charge in [-0.25, -0.2) is 4.79 Å². The zero-order chi connectivity index (χ0) is 22.3. The Hall–Kier alpha value is -2.57. The van der Waals surface area contributed by atoms with Crippen molar-refractivity contribution < 1.29 is 14.4 Å². The van der Waals surface area contributed by atoms with Crippen LogP contribution in [0.2, 0.25) is 0 Å². The van der Waals surface area contributed by atoms with Crippen LogP contribution in [0, 0.1) is 18.8 Å². The average Bonchev–Trinajstić information content (AvgIpc) is 2.70. The van der Waals surface area contributed by atoms with Gasteiger partial charge in [-0.3, -0.25) is 9.59 Å². The molecular formula is C23H36N4O3. The summed E-state index contributed by atoms with van der Waals surface area (Å²) in [6.45, 7) is 11.6. The average molecular weight is 417 g/mol.